The molecule has 0 atom stereocenters. The molecule has 7 heteroatoms. The second kappa shape index (κ2) is 5.14. The van der Waals surface area contributed by atoms with E-state index in [0.717, 1.165) is 37.8 Å². The normalized spacial score (nSPS) is 17.9. The Morgan fingerprint density at radius 2 is 1.95 bits per heavy atom. The van der Waals surface area contributed by atoms with E-state index in [2.05, 4.69) is 5.32 Å². The summed E-state index contributed by atoms with van der Waals surface area (Å²) < 4.78 is 35.9. The van der Waals surface area contributed by atoms with Gasteiger partial charge in [0.15, 0.2) is 0 Å². The Bertz CT molecular complexity index is 637. The Kier molecular flexibility index (Phi) is 3.84. The average molecular weight is 300 g/mol. The molecule has 0 radical (unpaired) electrons. The van der Waals surface area contributed by atoms with Gasteiger partial charge in [-0.3, -0.25) is 4.79 Å². The first kappa shape index (κ1) is 14.9. The van der Waals surface area contributed by atoms with Gasteiger partial charge >= 0.3 is 0 Å². The van der Waals surface area contributed by atoms with E-state index < -0.39 is 26.6 Å². The van der Waals surface area contributed by atoms with E-state index in [1.54, 1.807) is 0 Å². The van der Waals surface area contributed by atoms with Gasteiger partial charge in [-0.2, -0.15) is 0 Å². The SMILES string of the molecule is CC1(NC(=O)c2ccc(F)c(S(N)(=O)=O)c2)CCCC1. The standard InChI is InChI=1S/C13H17FN2O3S/c1-13(6-2-3-7-13)16-12(17)9-4-5-10(14)11(8-9)20(15,18)19/h4-5,8H,2-3,6-7H2,1H3,(H,16,17)(H2,15,18,19). The van der Waals surface area contributed by atoms with Crippen molar-refractivity contribution in [3.05, 3.63) is 29.6 Å². The quantitative estimate of drug-likeness (QED) is 0.887. The first-order valence-corrected chi connectivity index (χ1v) is 7.91. The lowest BCUT2D eigenvalue weighted by Crippen LogP contribution is -2.43. The fourth-order valence-electron chi connectivity index (χ4n) is 2.49. The second-order valence-corrected chi connectivity index (χ2v) is 6.94. The van der Waals surface area contributed by atoms with Crippen LogP contribution in [-0.4, -0.2) is 19.9 Å². The van der Waals surface area contributed by atoms with E-state index in [1.807, 2.05) is 6.92 Å². The minimum atomic E-state index is -4.19. The number of benzene rings is 1. The Hall–Kier alpha value is -1.47. The molecule has 20 heavy (non-hydrogen) atoms. The van der Waals surface area contributed by atoms with Gasteiger partial charge in [0.25, 0.3) is 5.91 Å². The molecule has 0 heterocycles. The van der Waals surface area contributed by atoms with E-state index in [1.165, 1.54) is 6.07 Å². The van der Waals surface area contributed by atoms with Crippen molar-refractivity contribution in [3.63, 3.8) is 0 Å². The highest BCUT2D eigenvalue weighted by atomic mass is 32.2. The Morgan fingerprint density at radius 1 is 1.35 bits per heavy atom. The van der Waals surface area contributed by atoms with Crippen molar-refractivity contribution in [2.45, 2.75) is 43.0 Å². The van der Waals surface area contributed by atoms with Crippen LogP contribution < -0.4 is 10.5 Å². The summed E-state index contributed by atoms with van der Waals surface area (Å²) in [6, 6.07) is 3.15. The molecule has 0 bridgehead atoms. The highest BCUT2D eigenvalue weighted by Crippen LogP contribution is 2.29. The number of nitrogens with one attached hydrogen (secondary N) is 1. The maximum Gasteiger partial charge on any atom is 0.251 e. The number of nitrogens with two attached hydrogens (primary N) is 1. The Morgan fingerprint density at radius 3 is 2.50 bits per heavy atom. The van der Waals surface area contributed by atoms with Gasteiger partial charge in [-0.25, -0.2) is 17.9 Å². The first-order chi connectivity index (χ1) is 9.21. The molecule has 0 unspecified atom stereocenters. The van der Waals surface area contributed by atoms with Gasteiger partial charge in [-0.1, -0.05) is 12.8 Å². The number of rotatable bonds is 3. The number of hydrogen-bond donors (Lipinski definition) is 2. The van der Waals surface area contributed by atoms with E-state index in [-0.39, 0.29) is 11.1 Å². The molecule has 1 aromatic rings. The number of hydrogen-bond acceptors (Lipinski definition) is 3. The predicted molar refractivity (Wildman–Crippen MR) is 72.1 cm³/mol. The maximum atomic E-state index is 13.4. The monoisotopic (exact) mass is 300 g/mol. The van der Waals surface area contributed by atoms with Crippen LogP contribution in [0.2, 0.25) is 0 Å². The van der Waals surface area contributed by atoms with Crippen LogP contribution in [0.4, 0.5) is 4.39 Å². The number of primary sulfonamides is 1. The molecule has 1 aliphatic rings. The number of carbonyl (C=O) groups excluding carboxylic acids is 1. The molecule has 1 aliphatic carbocycles. The van der Waals surface area contributed by atoms with Crippen molar-refractivity contribution >= 4 is 15.9 Å². The summed E-state index contributed by atoms with van der Waals surface area (Å²) in [7, 11) is -4.19. The van der Waals surface area contributed by atoms with Gasteiger partial charge < -0.3 is 5.32 Å². The summed E-state index contributed by atoms with van der Waals surface area (Å²) >= 11 is 0. The third-order valence-electron chi connectivity index (χ3n) is 3.62. The van der Waals surface area contributed by atoms with Gasteiger partial charge in [0.05, 0.1) is 0 Å². The molecule has 110 valence electrons. The molecule has 0 aliphatic heterocycles. The van der Waals surface area contributed by atoms with Crippen molar-refractivity contribution in [3.8, 4) is 0 Å². The van der Waals surface area contributed by atoms with Crippen LogP contribution in [0, 0.1) is 5.82 Å². The number of sulfonamides is 1. The average Bonchev–Trinajstić information content (AvgIpc) is 2.74. The van der Waals surface area contributed by atoms with Crippen LogP contribution in [-0.2, 0) is 10.0 Å². The number of carbonyl (C=O) groups is 1. The fraction of sp³-hybridized carbons (Fsp3) is 0.462. The first-order valence-electron chi connectivity index (χ1n) is 6.36. The van der Waals surface area contributed by atoms with Crippen molar-refractivity contribution < 1.29 is 17.6 Å². The minimum Gasteiger partial charge on any atom is -0.347 e. The molecule has 0 saturated heterocycles. The molecular weight excluding hydrogens is 283 g/mol. The third kappa shape index (κ3) is 3.16. The molecule has 1 aromatic carbocycles. The van der Waals surface area contributed by atoms with Crippen LogP contribution in [0.3, 0.4) is 0 Å². The summed E-state index contributed by atoms with van der Waals surface area (Å²) in [6.07, 6.45) is 3.84. The van der Waals surface area contributed by atoms with Gasteiger partial charge in [0.1, 0.15) is 10.7 Å². The van der Waals surface area contributed by atoms with Crippen molar-refractivity contribution in [2.24, 2.45) is 5.14 Å². The lowest BCUT2D eigenvalue weighted by atomic mass is 10.00. The van der Waals surface area contributed by atoms with Crippen LogP contribution in [0.15, 0.2) is 23.1 Å². The predicted octanol–water partition coefficient (Wildman–Crippen LogP) is 1.54. The zero-order chi connectivity index (χ0) is 15.0. The smallest absolute Gasteiger partial charge is 0.251 e. The van der Waals surface area contributed by atoms with Crippen LogP contribution in [0.5, 0.6) is 0 Å². The second-order valence-electron chi connectivity index (χ2n) is 5.41. The zero-order valence-electron chi connectivity index (χ0n) is 11.1. The molecule has 5 nitrogen and oxygen atoms in total. The number of amides is 1. The largest absolute Gasteiger partial charge is 0.347 e. The lowest BCUT2D eigenvalue weighted by molar-refractivity contribution is 0.0908. The summed E-state index contributed by atoms with van der Waals surface area (Å²) in [5.74, 6) is -1.38. The van der Waals surface area contributed by atoms with E-state index in [9.17, 15) is 17.6 Å². The van der Waals surface area contributed by atoms with Gasteiger partial charge in [-0.15, -0.1) is 0 Å². The molecule has 1 saturated carbocycles. The van der Waals surface area contributed by atoms with Crippen LogP contribution in [0.25, 0.3) is 0 Å². The van der Waals surface area contributed by atoms with E-state index in [4.69, 9.17) is 5.14 Å². The summed E-state index contributed by atoms with van der Waals surface area (Å²) in [6.45, 7) is 1.95. The zero-order valence-corrected chi connectivity index (χ0v) is 12.0. The molecule has 1 fully saturated rings. The summed E-state index contributed by atoms with van der Waals surface area (Å²) in [4.78, 5) is 11.5. The highest BCUT2D eigenvalue weighted by Gasteiger charge is 2.30. The molecule has 0 aromatic heterocycles. The van der Waals surface area contributed by atoms with Crippen molar-refractivity contribution in [2.75, 3.05) is 0 Å². The van der Waals surface area contributed by atoms with E-state index >= 15 is 0 Å². The Balaban J connectivity index is 2.27. The molecular formula is C13H17FN2O3S. The minimum absolute atomic E-state index is 0.0866. The van der Waals surface area contributed by atoms with Crippen molar-refractivity contribution in [1.29, 1.82) is 0 Å². The van der Waals surface area contributed by atoms with Crippen LogP contribution in [0.1, 0.15) is 43.0 Å². The Labute approximate surface area is 117 Å². The van der Waals surface area contributed by atoms with E-state index in [0.29, 0.717) is 0 Å². The molecule has 1 amide bonds. The van der Waals surface area contributed by atoms with Crippen LogP contribution >= 0.6 is 0 Å². The van der Waals surface area contributed by atoms with Gasteiger partial charge in [0.2, 0.25) is 10.0 Å². The topological polar surface area (TPSA) is 89.3 Å². The number of halogens is 1. The van der Waals surface area contributed by atoms with Gasteiger partial charge in [0, 0.05) is 11.1 Å². The fourth-order valence-corrected chi connectivity index (χ4v) is 3.12. The van der Waals surface area contributed by atoms with Crippen molar-refractivity contribution in [1.82, 2.24) is 5.32 Å². The summed E-state index contributed by atoms with van der Waals surface area (Å²) in [5.41, 5.74) is -0.198. The molecule has 0 spiro atoms. The summed E-state index contributed by atoms with van der Waals surface area (Å²) in [5, 5.41) is 7.79. The molecule has 3 N–H and O–H groups in total. The lowest BCUT2D eigenvalue weighted by Gasteiger charge is -2.25. The molecule has 2 rings (SSSR count). The third-order valence-corrected chi connectivity index (χ3v) is 4.55. The van der Waals surface area contributed by atoms with Gasteiger partial charge in [-0.05, 0) is 38.0 Å². The maximum absolute atomic E-state index is 13.4. The highest BCUT2D eigenvalue weighted by molar-refractivity contribution is 7.89.